The van der Waals surface area contributed by atoms with E-state index in [2.05, 4.69) is 15.6 Å². The minimum absolute atomic E-state index is 0. The van der Waals surface area contributed by atoms with Gasteiger partial charge in [0.25, 0.3) is 11.8 Å². The van der Waals surface area contributed by atoms with Gasteiger partial charge in [0.05, 0.1) is 11.1 Å². The predicted molar refractivity (Wildman–Crippen MR) is 88.6 cm³/mol. The molecule has 4 N–H and O–H groups in total. The second-order valence-electron chi connectivity index (χ2n) is 4.79. The summed E-state index contributed by atoms with van der Waals surface area (Å²) in [5.74, 6) is -0.0449. The molecule has 1 heterocycles. The Kier molecular flexibility index (Phi) is 5.49. The normalized spacial score (nSPS) is 13.8. The fourth-order valence-electron chi connectivity index (χ4n) is 1.71. The van der Waals surface area contributed by atoms with E-state index in [-0.39, 0.29) is 35.8 Å². The van der Waals surface area contributed by atoms with E-state index in [0.717, 1.165) is 0 Å². The Labute approximate surface area is 134 Å². The van der Waals surface area contributed by atoms with Crippen molar-refractivity contribution in [2.24, 2.45) is 16.6 Å². The Morgan fingerprint density at radius 3 is 2.60 bits per heavy atom. The molecule has 1 aromatic rings. The van der Waals surface area contributed by atoms with Crippen LogP contribution in [0.2, 0.25) is 0 Å². The summed E-state index contributed by atoms with van der Waals surface area (Å²) < 4.78 is 0. The number of fused-ring (bicyclic) bond motifs is 1. The van der Waals surface area contributed by atoms with E-state index in [1.165, 1.54) is 0 Å². The Morgan fingerprint density at radius 2 is 1.95 bits per heavy atom. The van der Waals surface area contributed by atoms with Crippen LogP contribution in [-0.4, -0.2) is 24.3 Å². The molecule has 0 atom stereocenters. The maximum atomic E-state index is 11.5. The third-order valence-electron chi connectivity index (χ3n) is 2.64. The van der Waals surface area contributed by atoms with Crippen LogP contribution in [0.4, 0.5) is 5.69 Å². The minimum atomic E-state index is -0.388. The number of nitrogens with zero attached hydrogens (tertiary/aromatic N) is 1. The lowest BCUT2D eigenvalue weighted by Crippen LogP contribution is -2.23. The van der Waals surface area contributed by atoms with Gasteiger partial charge in [-0.15, -0.1) is 24.0 Å². The topological polar surface area (TPSA) is 96.6 Å². The minimum Gasteiger partial charge on any atom is -0.370 e. The number of benzene rings is 1. The number of guanidine groups is 1. The number of nitrogens with two attached hydrogens (primary N) is 1. The van der Waals surface area contributed by atoms with Gasteiger partial charge in [0.2, 0.25) is 0 Å². The molecule has 6 nitrogen and oxygen atoms in total. The molecule has 2 amide bonds. The first-order valence-electron chi connectivity index (χ1n) is 6.04. The summed E-state index contributed by atoms with van der Waals surface area (Å²) in [6.45, 7) is 4.72. The number of carbonyl (C=O) groups is 2. The zero-order valence-corrected chi connectivity index (χ0v) is 13.6. The molecule has 1 aliphatic heterocycles. The second-order valence-corrected chi connectivity index (χ2v) is 4.79. The van der Waals surface area contributed by atoms with Crippen molar-refractivity contribution >= 4 is 47.4 Å². The molecule has 0 saturated carbocycles. The number of hydrogen-bond acceptors (Lipinski definition) is 3. The van der Waals surface area contributed by atoms with Crippen LogP contribution in [0.25, 0.3) is 0 Å². The smallest absolute Gasteiger partial charge is 0.259 e. The van der Waals surface area contributed by atoms with Crippen molar-refractivity contribution in [2.75, 3.05) is 11.9 Å². The second kappa shape index (κ2) is 6.69. The van der Waals surface area contributed by atoms with Gasteiger partial charge in [-0.1, -0.05) is 13.8 Å². The monoisotopic (exact) mass is 388 g/mol. The maximum Gasteiger partial charge on any atom is 0.259 e. The molecule has 7 heteroatoms. The lowest BCUT2D eigenvalue weighted by molar-refractivity contribution is 0.0879. The Bertz CT molecular complexity index is 569. The summed E-state index contributed by atoms with van der Waals surface area (Å²) in [6.07, 6.45) is 0. The van der Waals surface area contributed by atoms with Crippen molar-refractivity contribution in [3.8, 4) is 0 Å². The first-order chi connectivity index (χ1) is 8.97. The average Bonchev–Trinajstić information content (AvgIpc) is 2.62. The first-order valence-corrected chi connectivity index (χ1v) is 6.04. The van der Waals surface area contributed by atoms with E-state index in [0.29, 0.717) is 35.2 Å². The fourth-order valence-corrected chi connectivity index (χ4v) is 1.71. The molecule has 0 fully saturated rings. The molecular weight excluding hydrogens is 371 g/mol. The SMILES string of the molecule is CC(C)CN=C(N)Nc1ccc2c(c1)C(=O)NC2=O.I. The third kappa shape index (κ3) is 3.69. The summed E-state index contributed by atoms with van der Waals surface area (Å²) in [7, 11) is 0. The van der Waals surface area contributed by atoms with Gasteiger partial charge < -0.3 is 11.1 Å². The van der Waals surface area contributed by atoms with E-state index in [1.54, 1.807) is 18.2 Å². The third-order valence-corrected chi connectivity index (χ3v) is 2.64. The highest BCUT2D eigenvalue weighted by Crippen LogP contribution is 2.20. The van der Waals surface area contributed by atoms with Crippen LogP contribution < -0.4 is 16.4 Å². The molecule has 0 spiro atoms. The first kappa shape index (κ1) is 16.4. The highest BCUT2D eigenvalue weighted by atomic mass is 127. The number of nitrogens with one attached hydrogen (secondary N) is 2. The van der Waals surface area contributed by atoms with E-state index in [1.807, 2.05) is 13.8 Å². The van der Waals surface area contributed by atoms with Gasteiger partial charge in [0.1, 0.15) is 0 Å². The summed E-state index contributed by atoms with van der Waals surface area (Å²) in [5, 5.41) is 5.13. The molecule has 1 aliphatic rings. The molecule has 20 heavy (non-hydrogen) atoms. The van der Waals surface area contributed by atoms with Gasteiger partial charge in [-0.2, -0.15) is 0 Å². The quantitative estimate of drug-likeness (QED) is 0.317. The number of halogens is 1. The Balaban J connectivity index is 0.00000200. The molecule has 0 bridgehead atoms. The standard InChI is InChI=1S/C13H16N4O2.HI/c1-7(2)6-15-13(14)16-8-3-4-9-10(5-8)12(19)17-11(9)18;/h3-5,7H,6H2,1-2H3,(H3,14,15,16)(H,17,18,19);1H. The van der Waals surface area contributed by atoms with Crippen LogP contribution in [0.15, 0.2) is 23.2 Å². The molecule has 0 aromatic heterocycles. The average molecular weight is 388 g/mol. The van der Waals surface area contributed by atoms with Crippen molar-refractivity contribution in [1.82, 2.24) is 5.32 Å². The van der Waals surface area contributed by atoms with Crippen molar-refractivity contribution in [2.45, 2.75) is 13.8 Å². The maximum absolute atomic E-state index is 11.5. The van der Waals surface area contributed by atoms with E-state index < -0.39 is 0 Å². The molecule has 0 aliphatic carbocycles. The lowest BCUT2D eigenvalue weighted by Gasteiger charge is -2.07. The summed E-state index contributed by atoms with van der Waals surface area (Å²) in [6, 6.07) is 4.87. The van der Waals surface area contributed by atoms with E-state index in [4.69, 9.17) is 5.73 Å². The van der Waals surface area contributed by atoms with Crippen LogP contribution in [0.5, 0.6) is 0 Å². The fraction of sp³-hybridized carbons (Fsp3) is 0.308. The molecule has 1 aromatic carbocycles. The van der Waals surface area contributed by atoms with Crippen LogP contribution >= 0.6 is 24.0 Å². The van der Waals surface area contributed by atoms with Crippen LogP contribution in [0.3, 0.4) is 0 Å². The number of carbonyl (C=O) groups excluding carboxylic acids is 2. The van der Waals surface area contributed by atoms with Gasteiger partial charge in [-0.05, 0) is 24.1 Å². The van der Waals surface area contributed by atoms with Crippen molar-refractivity contribution in [3.63, 3.8) is 0 Å². The van der Waals surface area contributed by atoms with Gasteiger partial charge in [-0.3, -0.25) is 19.9 Å². The van der Waals surface area contributed by atoms with Gasteiger partial charge >= 0.3 is 0 Å². The molecule has 0 radical (unpaired) electrons. The zero-order valence-electron chi connectivity index (χ0n) is 11.3. The van der Waals surface area contributed by atoms with Gasteiger partial charge in [0.15, 0.2) is 5.96 Å². The molecule has 0 saturated heterocycles. The largest absolute Gasteiger partial charge is 0.370 e. The van der Waals surface area contributed by atoms with Crippen LogP contribution in [0.1, 0.15) is 34.6 Å². The summed E-state index contributed by atoms with van der Waals surface area (Å²) in [4.78, 5) is 27.1. The highest BCUT2D eigenvalue weighted by Gasteiger charge is 2.26. The predicted octanol–water partition coefficient (Wildman–Crippen LogP) is 1.57. The number of aliphatic imine (C=N–C) groups is 1. The van der Waals surface area contributed by atoms with Crippen LogP contribution in [0, 0.1) is 5.92 Å². The highest BCUT2D eigenvalue weighted by molar-refractivity contribution is 14.0. The molecule has 2 rings (SSSR count). The lowest BCUT2D eigenvalue weighted by atomic mass is 10.1. The van der Waals surface area contributed by atoms with E-state index in [9.17, 15) is 9.59 Å². The number of hydrogen-bond donors (Lipinski definition) is 3. The summed E-state index contributed by atoms with van der Waals surface area (Å²) >= 11 is 0. The van der Waals surface area contributed by atoms with E-state index >= 15 is 0 Å². The number of imide groups is 1. The van der Waals surface area contributed by atoms with Crippen molar-refractivity contribution in [3.05, 3.63) is 29.3 Å². The number of rotatable bonds is 3. The summed E-state index contributed by atoms with van der Waals surface area (Å²) in [5.41, 5.74) is 7.10. The number of amides is 2. The molecule has 108 valence electrons. The number of anilines is 1. The molecular formula is C13H17IN4O2. The van der Waals surface area contributed by atoms with Crippen molar-refractivity contribution < 1.29 is 9.59 Å². The zero-order chi connectivity index (χ0) is 14.0. The van der Waals surface area contributed by atoms with Crippen molar-refractivity contribution in [1.29, 1.82) is 0 Å². The Morgan fingerprint density at radius 1 is 1.30 bits per heavy atom. The Hall–Kier alpha value is -1.64. The van der Waals surface area contributed by atoms with Crippen LogP contribution in [-0.2, 0) is 0 Å². The van der Waals surface area contributed by atoms with Gasteiger partial charge in [-0.25, -0.2) is 0 Å². The van der Waals surface area contributed by atoms with Gasteiger partial charge in [0, 0.05) is 12.2 Å². The molecule has 0 unspecified atom stereocenters.